The molecule has 0 aromatic heterocycles. The second-order valence-electron chi connectivity index (χ2n) is 5.29. The zero-order valence-electron chi connectivity index (χ0n) is 13.4. The Kier molecular flexibility index (Phi) is 9.89. The number of allylic oxidation sites excluding steroid dienone is 1. The van der Waals surface area contributed by atoms with Gasteiger partial charge in [-0.3, -0.25) is 0 Å². The highest BCUT2D eigenvalue weighted by Crippen LogP contribution is 2.30. The number of methoxy groups -OCH3 is 1. The summed E-state index contributed by atoms with van der Waals surface area (Å²) < 4.78 is 5.25. The van der Waals surface area contributed by atoms with Crippen molar-refractivity contribution in [3.05, 3.63) is 36.4 Å². The molecule has 0 heterocycles. The summed E-state index contributed by atoms with van der Waals surface area (Å²) in [4.78, 5) is 4.39. The van der Waals surface area contributed by atoms with Crippen molar-refractivity contribution in [1.29, 1.82) is 0 Å². The zero-order valence-corrected chi connectivity index (χ0v) is 14.6. The van der Waals surface area contributed by atoms with Gasteiger partial charge in [0.25, 0.3) is 14.1 Å². The summed E-state index contributed by atoms with van der Waals surface area (Å²) in [6, 6.07) is 5.81. The number of aliphatic imine (C=N–C) groups is 1. The van der Waals surface area contributed by atoms with Crippen LogP contribution in [-0.2, 0) is 0 Å². The second-order valence-corrected chi connectivity index (χ2v) is 8.75. The number of nitrogens with two attached hydrogens (primary N) is 1. The predicted octanol–water partition coefficient (Wildman–Crippen LogP) is 4.33. The Bertz CT molecular complexity index is 439. The van der Waals surface area contributed by atoms with Gasteiger partial charge in [0.05, 0.1) is 7.11 Å². The molecule has 0 saturated heterocycles. The predicted molar refractivity (Wildman–Crippen MR) is 91.8 cm³/mol. The molecule has 0 fully saturated rings. The molecule has 0 radical (unpaired) electrons. The number of hydrogen-bond donors (Lipinski definition) is 1. The van der Waals surface area contributed by atoms with Gasteiger partial charge in [0, 0.05) is 6.42 Å². The smallest absolute Gasteiger partial charge is 0.251 e. The van der Waals surface area contributed by atoms with Crippen LogP contribution < -0.4 is 10.5 Å². The van der Waals surface area contributed by atoms with Crippen molar-refractivity contribution < 1.29 is 4.74 Å². The molecule has 0 amide bonds. The molecule has 2 N–H and O–H groups in total. The summed E-state index contributed by atoms with van der Waals surface area (Å²) in [5, 5.41) is 0. The number of hydrogen-bond acceptors (Lipinski definition) is 2. The quantitative estimate of drug-likeness (QED) is 0.380. The number of para-hydroxylation sites is 1. The van der Waals surface area contributed by atoms with Crippen LogP contribution in [0.3, 0.4) is 0 Å². The Morgan fingerprint density at radius 1 is 1.40 bits per heavy atom. The van der Waals surface area contributed by atoms with E-state index >= 15 is 0 Å². The fourth-order valence-corrected chi connectivity index (χ4v) is 1.39. The third-order valence-electron chi connectivity index (χ3n) is 2.28. The molecule has 0 spiro atoms. The lowest BCUT2D eigenvalue weighted by molar-refractivity contribution is 0.416. The summed E-state index contributed by atoms with van der Waals surface area (Å²) in [5.41, 5.74) is 7.70. The third-order valence-corrected chi connectivity index (χ3v) is 2.28. The fourth-order valence-electron chi connectivity index (χ4n) is 1.39. The zero-order chi connectivity index (χ0) is 15.5. The highest BCUT2D eigenvalue weighted by Gasteiger charge is 2.04. The van der Waals surface area contributed by atoms with E-state index < -0.39 is 0 Å². The molecule has 0 aliphatic heterocycles. The lowest BCUT2D eigenvalue weighted by Crippen LogP contribution is -2.10. The molecule has 4 heteroatoms. The van der Waals surface area contributed by atoms with E-state index in [1.807, 2.05) is 31.2 Å². The molecule has 0 saturated carbocycles. The van der Waals surface area contributed by atoms with Crippen molar-refractivity contribution in [2.75, 3.05) is 7.11 Å². The van der Waals surface area contributed by atoms with E-state index in [0.717, 1.165) is 29.8 Å². The number of rotatable bonds is 5. The van der Waals surface area contributed by atoms with Crippen LogP contribution >= 0.6 is 0 Å². The van der Waals surface area contributed by atoms with Crippen LogP contribution in [0.4, 0.5) is 5.69 Å². The van der Waals surface area contributed by atoms with E-state index in [9.17, 15) is 0 Å². The molecular weight excluding hydrogens is 263 g/mol. The van der Waals surface area contributed by atoms with Crippen molar-refractivity contribution in [3.63, 3.8) is 0 Å². The molecule has 0 bridgehead atoms. The number of aryl methyl sites for hydroxylation is 1. The van der Waals surface area contributed by atoms with E-state index in [4.69, 9.17) is 10.5 Å². The Balaban J connectivity index is 0.000000796. The van der Waals surface area contributed by atoms with Crippen molar-refractivity contribution >= 4 is 25.7 Å². The van der Waals surface area contributed by atoms with Crippen LogP contribution in [0.15, 0.2) is 35.8 Å². The van der Waals surface area contributed by atoms with Gasteiger partial charge in [0.1, 0.15) is 17.3 Å². The molecular formula is C16H27AlN2O. The molecule has 0 atom stereocenters. The topological polar surface area (TPSA) is 47.6 Å². The van der Waals surface area contributed by atoms with Gasteiger partial charge in [0.15, 0.2) is 0 Å². The fraction of sp³-hybridized carbons (Fsp3) is 0.438. The van der Waals surface area contributed by atoms with Gasteiger partial charge in [-0.05, 0) is 25.0 Å². The van der Waals surface area contributed by atoms with Crippen molar-refractivity contribution in [3.8, 4) is 5.75 Å². The first-order valence-corrected chi connectivity index (χ1v) is 10.5. The molecule has 110 valence electrons. The lowest BCUT2D eigenvalue weighted by atomic mass is 10.2. The molecule has 0 aliphatic rings. The lowest BCUT2D eigenvalue weighted by Gasteiger charge is -2.08. The molecule has 20 heavy (non-hydrogen) atoms. The first kappa shape index (κ1) is 18.8. The summed E-state index contributed by atoms with van der Waals surface area (Å²) in [6.07, 6.45) is 3.39. The minimum atomic E-state index is -0.139. The minimum Gasteiger partial charge on any atom is -0.494 e. The summed E-state index contributed by atoms with van der Waals surface area (Å²) in [5.74, 6) is 8.27. The van der Waals surface area contributed by atoms with Crippen molar-refractivity contribution in [2.45, 2.75) is 37.1 Å². The van der Waals surface area contributed by atoms with Gasteiger partial charge >= 0.3 is 0 Å². The van der Waals surface area contributed by atoms with Crippen LogP contribution in [0.2, 0.25) is 17.4 Å². The summed E-state index contributed by atoms with van der Waals surface area (Å²) in [6.45, 7) is 5.64. The molecule has 3 nitrogen and oxygen atoms in total. The standard InChI is InChI=1S/C13H18N2O.3CH3.Al/c1-4-5-9-12(14)15-13-10(2)7-6-8-11(13)16-3;;;;/h4,6-8H,1,5,9H2,2-3H3,(H2,14,15);3*1H3;. The van der Waals surface area contributed by atoms with E-state index in [1.54, 1.807) is 7.11 Å². The number of benzene rings is 1. The van der Waals surface area contributed by atoms with Gasteiger partial charge in [-0.1, -0.05) is 18.2 Å². The van der Waals surface area contributed by atoms with E-state index in [2.05, 4.69) is 28.9 Å². The minimum absolute atomic E-state index is 0.139. The van der Waals surface area contributed by atoms with Gasteiger partial charge in [-0.2, -0.15) is 0 Å². The molecule has 1 aromatic rings. The van der Waals surface area contributed by atoms with E-state index in [0.29, 0.717) is 5.84 Å². The maximum Gasteiger partial charge on any atom is 0.251 e. The van der Waals surface area contributed by atoms with E-state index in [-0.39, 0.29) is 14.1 Å². The van der Waals surface area contributed by atoms with Gasteiger partial charge in [-0.25, -0.2) is 4.99 Å². The highest BCUT2D eigenvalue weighted by molar-refractivity contribution is 6.54. The molecule has 0 unspecified atom stereocenters. The summed E-state index contributed by atoms with van der Waals surface area (Å²) in [7, 11) is 1.63. The number of nitrogens with zero attached hydrogens (tertiary/aromatic N) is 1. The average molecular weight is 290 g/mol. The van der Waals surface area contributed by atoms with Crippen LogP contribution in [0.5, 0.6) is 5.75 Å². The van der Waals surface area contributed by atoms with Gasteiger partial charge in [0.2, 0.25) is 0 Å². The molecule has 1 rings (SSSR count). The summed E-state index contributed by atoms with van der Waals surface area (Å²) >= 11 is -0.139. The third kappa shape index (κ3) is 8.04. The van der Waals surface area contributed by atoms with Crippen molar-refractivity contribution in [1.82, 2.24) is 0 Å². The molecule has 0 aliphatic carbocycles. The normalized spacial score (nSPS) is 10.3. The Hall–Kier alpha value is -1.24. The first-order valence-electron chi connectivity index (χ1n) is 6.99. The second kappa shape index (κ2) is 10.5. The van der Waals surface area contributed by atoms with Crippen LogP contribution in [0, 0.1) is 6.92 Å². The SMILES string of the molecule is C=CCCC(N)=Nc1c(C)cccc1OC.[CH3][Al]([CH3])[CH3]. The van der Waals surface area contributed by atoms with Gasteiger partial charge in [-0.15, -0.1) is 23.9 Å². The largest absolute Gasteiger partial charge is 0.494 e. The number of amidine groups is 1. The monoisotopic (exact) mass is 290 g/mol. The average Bonchev–Trinajstić information content (AvgIpc) is 2.38. The number of ether oxygens (including phenoxy) is 1. The highest BCUT2D eigenvalue weighted by atomic mass is 27.2. The maximum atomic E-state index is 5.83. The Labute approximate surface area is 127 Å². The van der Waals surface area contributed by atoms with Crippen molar-refractivity contribution in [2.24, 2.45) is 10.7 Å². The first-order chi connectivity index (χ1) is 9.42. The Morgan fingerprint density at radius 2 is 2.00 bits per heavy atom. The Morgan fingerprint density at radius 3 is 2.50 bits per heavy atom. The van der Waals surface area contributed by atoms with Gasteiger partial charge < -0.3 is 10.5 Å². The van der Waals surface area contributed by atoms with Crippen LogP contribution in [0.25, 0.3) is 0 Å². The van der Waals surface area contributed by atoms with Crippen LogP contribution in [-0.4, -0.2) is 27.1 Å². The van der Waals surface area contributed by atoms with E-state index in [1.165, 1.54) is 0 Å². The molecule has 1 aromatic carbocycles. The maximum absolute atomic E-state index is 5.83. The van der Waals surface area contributed by atoms with Crippen LogP contribution in [0.1, 0.15) is 18.4 Å².